The first kappa shape index (κ1) is 15.7. The van der Waals surface area contributed by atoms with Gasteiger partial charge >= 0.3 is 12.0 Å². The second-order valence-electron chi connectivity index (χ2n) is 3.83. The third-order valence-electron chi connectivity index (χ3n) is 2.35. The summed E-state index contributed by atoms with van der Waals surface area (Å²) in [5.74, 6) is -1.07. The SMILES string of the molecule is CNCCCNC(=O)Nc1ccc(I)cc1C(=O)O. The van der Waals surface area contributed by atoms with Gasteiger partial charge in [-0.15, -0.1) is 0 Å². The normalized spacial score (nSPS) is 10.0. The minimum absolute atomic E-state index is 0.0808. The molecule has 7 heteroatoms. The number of carbonyl (C=O) groups is 2. The van der Waals surface area contributed by atoms with Crippen LogP contribution in [0.5, 0.6) is 0 Å². The number of hydrogen-bond acceptors (Lipinski definition) is 3. The standard InChI is InChI=1S/C12H16IN3O3/c1-14-5-2-6-15-12(19)16-10-4-3-8(13)7-9(10)11(17)18/h3-4,7,14H,2,5-6H2,1H3,(H,17,18)(H2,15,16,19). The number of halogens is 1. The average molecular weight is 377 g/mol. The molecule has 0 atom stereocenters. The fraction of sp³-hybridized carbons (Fsp3) is 0.333. The van der Waals surface area contributed by atoms with Gasteiger partial charge in [-0.05, 0) is 60.8 Å². The Kier molecular flexibility index (Phi) is 6.57. The first-order valence-electron chi connectivity index (χ1n) is 5.77. The number of hydrogen-bond donors (Lipinski definition) is 4. The van der Waals surface area contributed by atoms with Gasteiger partial charge in [-0.2, -0.15) is 0 Å². The molecule has 2 amide bonds. The number of benzene rings is 1. The number of anilines is 1. The molecule has 104 valence electrons. The first-order chi connectivity index (χ1) is 9.04. The van der Waals surface area contributed by atoms with Crippen molar-refractivity contribution >= 4 is 40.3 Å². The van der Waals surface area contributed by atoms with Gasteiger partial charge in [-0.25, -0.2) is 9.59 Å². The maximum absolute atomic E-state index is 11.6. The summed E-state index contributed by atoms with van der Waals surface area (Å²) in [5, 5.41) is 17.2. The molecule has 0 aromatic heterocycles. The number of aromatic carboxylic acids is 1. The van der Waals surface area contributed by atoms with Crippen molar-refractivity contribution in [2.24, 2.45) is 0 Å². The lowest BCUT2D eigenvalue weighted by atomic mass is 10.2. The fourth-order valence-electron chi connectivity index (χ4n) is 1.44. The van der Waals surface area contributed by atoms with Crippen LogP contribution in [0.2, 0.25) is 0 Å². The molecule has 0 heterocycles. The zero-order chi connectivity index (χ0) is 14.3. The van der Waals surface area contributed by atoms with Gasteiger partial charge < -0.3 is 21.1 Å². The summed E-state index contributed by atoms with van der Waals surface area (Å²) in [4.78, 5) is 22.7. The summed E-state index contributed by atoms with van der Waals surface area (Å²) >= 11 is 2.02. The summed E-state index contributed by atoms with van der Waals surface area (Å²) in [5.41, 5.74) is 0.372. The van der Waals surface area contributed by atoms with Crippen molar-refractivity contribution < 1.29 is 14.7 Å². The quantitative estimate of drug-likeness (QED) is 0.449. The molecule has 1 rings (SSSR count). The summed E-state index contributed by atoms with van der Waals surface area (Å²) < 4.78 is 0.801. The molecule has 0 aliphatic carbocycles. The molecule has 0 radical (unpaired) electrons. The van der Waals surface area contributed by atoms with Crippen LogP contribution < -0.4 is 16.0 Å². The van der Waals surface area contributed by atoms with E-state index in [2.05, 4.69) is 16.0 Å². The van der Waals surface area contributed by atoms with Gasteiger partial charge in [-0.3, -0.25) is 0 Å². The molecule has 0 fully saturated rings. The van der Waals surface area contributed by atoms with E-state index in [0.717, 1.165) is 16.5 Å². The highest BCUT2D eigenvalue weighted by Gasteiger charge is 2.12. The third-order valence-corrected chi connectivity index (χ3v) is 3.02. The van der Waals surface area contributed by atoms with Crippen LogP contribution in [0.3, 0.4) is 0 Å². The number of urea groups is 1. The Bertz CT molecular complexity index is 466. The van der Waals surface area contributed by atoms with Crippen molar-refractivity contribution in [2.45, 2.75) is 6.42 Å². The Hall–Kier alpha value is -1.35. The monoisotopic (exact) mass is 377 g/mol. The van der Waals surface area contributed by atoms with Crippen molar-refractivity contribution in [3.8, 4) is 0 Å². The largest absolute Gasteiger partial charge is 0.478 e. The van der Waals surface area contributed by atoms with Crippen molar-refractivity contribution in [3.63, 3.8) is 0 Å². The highest BCUT2D eigenvalue weighted by molar-refractivity contribution is 14.1. The summed E-state index contributed by atoms with van der Waals surface area (Å²) in [6.07, 6.45) is 0.808. The van der Waals surface area contributed by atoms with Gasteiger partial charge in [0.15, 0.2) is 0 Å². The van der Waals surface area contributed by atoms with Crippen LogP contribution >= 0.6 is 22.6 Å². The number of nitrogens with one attached hydrogen (secondary N) is 3. The Balaban J connectivity index is 2.61. The predicted molar refractivity (Wildman–Crippen MR) is 81.7 cm³/mol. The van der Waals surface area contributed by atoms with E-state index in [9.17, 15) is 9.59 Å². The minimum Gasteiger partial charge on any atom is -0.478 e. The van der Waals surface area contributed by atoms with Crippen LogP contribution in [0.1, 0.15) is 16.8 Å². The first-order valence-corrected chi connectivity index (χ1v) is 6.84. The van der Waals surface area contributed by atoms with E-state index in [1.165, 1.54) is 6.07 Å². The number of amides is 2. The Morgan fingerprint density at radius 1 is 1.32 bits per heavy atom. The van der Waals surface area contributed by atoms with E-state index >= 15 is 0 Å². The van der Waals surface area contributed by atoms with Crippen molar-refractivity contribution in [1.29, 1.82) is 0 Å². The maximum Gasteiger partial charge on any atom is 0.337 e. The van der Waals surface area contributed by atoms with Gasteiger partial charge in [0.1, 0.15) is 0 Å². The number of carboxylic acid groups (broad SMARTS) is 1. The van der Waals surface area contributed by atoms with Gasteiger partial charge in [0.2, 0.25) is 0 Å². The summed E-state index contributed by atoms with van der Waals surface area (Å²) in [7, 11) is 1.84. The van der Waals surface area contributed by atoms with Gasteiger partial charge in [-0.1, -0.05) is 0 Å². The molecule has 4 N–H and O–H groups in total. The molecule has 0 aliphatic rings. The van der Waals surface area contributed by atoms with E-state index in [-0.39, 0.29) is 5.56 Å². The summed E-state index contributed by atoms with van der Waals surface area (Å²) in [6, 6.07) is 4.43. The van der Waals surface area contributed by atoms with Crippen LogP contribution in [0, 0.1) is 3.57 Å². The highest BCUT2D eigenvalue weighted by Crippen LogP contribution is 2.18. The molecule has 0 spiro atoms. The number of carbonyl (C=O) groups excluding carboxylic acids is 1. The fourth-order valence-corrected chi connectivity index (χ4v) is 1.93. The van der Waals surface area contributed by atoms with E-state index in [1.54, 1.807) is 12.1 Å². The van der Waals surface area contributed by atoms with Crippen molar-refractivity contribution in [1.82, 2.24) is 10.6 Å². The highest BCUT2D eigenvalue weighted by atomic mass is 127. The molecule has 0 aliphatic heterocycles. The maximum atomic E-state index is 11.6. The molecular weight excluding hydrogens is 361 g/mol. The Morgan fingerprint density at radius 2 is 2.05 bits per heavy atom. The van der Waals surface area contributed by atoms with Crippen LogP contribution in [0.25, 0.3) is 0 Å². The molecule has 0 unspecified atom stereocenters. The molecule has 0 bridgehead atoms. The van der Waals surface area contributed by atoms with E-state index in [0.29, 0.717) is 12.2 Å². The summed E-state index contributed by atoms with van der Waals surface area (Å²) in [6.45, 7) is 1.34. The van der Waals surface area contributed by atoms with E-state index < -0.39 is 12.0 Å². The van der Waals surface area contributed by atoms with Crippen LogP contribution in [0.4, 0.5) is 10.5 Å². The minimum atomic E-state index is -1.07. The van der Waals surface area contributed by atoms with Crippen LogP contribution in [-0.4, -0.2) is 37.2 Å². The topological polar surface area (TPSA) is 90.5 Å². The molecule has 1 aromatic rings. The molecule has 6 nitrogen and oxygen atoms in total. The molecule has 0 saturated carbocycles. The molecular formula is C12H16IN3O3. The number of carboxylic acids is 1. The lowest BCUT2D eigenvalue weighted by Gasteiger charge is -2.10. The molecule has 0 saturated heterocycles. The number of rotatable bonds is 6. The predicted octanol–water partition coefficient (Wildman–Crippen LogP) is 1.72. The van der Waals surface area contributed by atoms with Gasteiger partial charge in [0.25, 0.3) is 0 Å². The third kappa shape index (κ3) is 5.43. The average Bonchev–Trinajstić information content (AvgIpc) is 2.36. The van der Waals surface area contributed by atoms with Crippen molar-refractivity contribution in [3.05, 3.63) is 27.3 Å². The van der Waals surface area contributed by atoms with Gasteiger partial charge in [0, 0.05) is 10.1 Å². The second-order valence-corrected chi connectivity index (χ2v) is 5.08. The Morgan fingerprint density at radius 3 is 2.68 bits per heavy atom. The van der Waals surface area contributed by atoms with Crippen LogP contribution in [0.15, 0.2) is 18.2 Å². The smallest absolute Gasteiger partial charge is 0.337 e. The zero-order valence-corrected chi connectivity index (χ0v) is 12.7. The van der Waals surface area contributed by atoms with Crippen molar-refractivity contribution in [2.75, 3.05) is 25.5 Å². The van der Waals surface area contributed by atoms with Crippen LogP contribution in [-0.2, 0) is 0 Å². The zero-order valence-electron chi connectivity index (χ0n) is 10.5. The molecule has 19 heavy (non-hydrogen) atoms. The lowest BCUT2D eigenvalue weighted by molar-refractivity contribution is 0.0698. The van der Waals surface area contributed by atoms with E-state index in [4.69, 9.17) is 5.11 Å². The van der Waals surface area contributed by atoms with Gasteiger partial charge in [0.05, 0.1) is 11.3 Å². The van der Waals surface area contributed by atoms with E-state index in [1.807, 2.05) is 29.6 Å². The Labute approximate surface area is 125 Å². The molecule has 1 aromatic carbocycles. The lowest BCUT2D eigenvalue weighted by Crippen LogP contribution is -2.31. The second kappa shape index (κ2) is 7.95.